The molecule has 1 aliphatic heterocycles. The molecule has 2 fully saturated rings. The van der Waals surface area contributed by atoms with E-state index in [1.165, 1.54) is 13.1 Å². The van der Waals surface area contributed by atoms with Crippen LogP contribution in [0.3, 0.4) is 0 Å². The smallest absolute Gasteiger partial charge is 0.407 e. The number of amides is 2. The predicted octanol–water partition coefficient (Wildman–Crippen LogP) is 0.751. The monoisotopic (exact) mass is 467 g/mol. The summed E-state index contributed by atoms with van der Waals surface area (Å²) in [4.78, 5) is 24.4. The fourth-order valence-corrected chi connectivity index (χ4v) is 5.25. The third kappa shape index (κ3) is 6.41. The number of hydrazine groups is 1. The largest absolute Gasteiger partial charge is 0.446 e. The van der Waals surface area contributed by atoms with Gasteiger partial charge in [0.1, 0.15) is 6.10 Å². The van der Waals surface area contributed by atoms with Gasteiger partial charge < -0.3 is 15.4 Å². The molecular formula is C21H33N5O5S. The van der Waals surface area contributed by atoms with E-state index in [1.807, 2.05) is 6.92 Å². The third-order valence-corrected chi connectivity index (χ3v) is 7.45. The van der Waals surface area contributed by atoms with Crippen molar-refractivity contribution in [2.45, 2.75) is 68.7 Å². The molecule has 0 radical (unpaired) electrons. The molecule has 2 amide bonds. The summed E-state index contributed by atoms with van der Waals surface area (Å²) in [5.41, 5.74) is 6.79. The molecule has 1 aromatic rings. The van der Waals surface area contributed by atoms with Gasteiger partial charge in [0, 0.05) is 12.6 Å². The van der Waals surface area contributed by atoms with E-state index < -0.39 is 10.0 Å². The second kappa shape index (κ2) is 11.1. The Morgan fingerprint density at radius 3 is 2.69 bits per heavy atom. The quantitative estimate of drug-likeness (QED) is 0.361. The molecule has 1 aromatic carbocycles. The molecule has 5 N–H and O–H groups in total. The van der Waals surface area contributed by atoms with Crippen LogP contribution in [0.2, 0.25) is 0 Å². The molecule has 1 aliphatic carbocycles. The number of carbonyl (C=O) groups excluding carboxylic acids is 2. The van der Waals surface area contributed by atoms with Crippen molar-refractivity contribution in [3.8, 4) is 0 Å². The van der Waals surface area contributed by atoms with Crippen LogP contribution in [0, 0.1) is 5.92 Å². The van der Waals surface area contributed by atoms with Crippen LogP contribution in [0.15, 0.2) is 29.2 Å². The van der Waals surface area contributed by atoms with Gasteiger partial charge >= 0.3 is 6.09 Å². The van der Waals surface area contributed by atoms with E-state index >= 15 is 0 Å². The third-order valence-electron chi connectivity index (χ3n) is 5.94. The summed E-state index contributed by atoms with van der Waals surface area (Å²) in [6, 6.07) is 6.63. The van der Waals surface area contributed by atoms with Gasteiger partial charge in [0.15, 0.2) is 0 Å². The minimum atomic E-state index is -3.64. The summed E-state index contributed by atoms with van der Waals surface area (Å²) in [6.45, 7) is 2.60. The maximum Gasteiger partial charge on any atom is 0.407 e. The van der Waals surface area contributed by atoms with Gasteiger partial charge in [-0.05, 0) is 56.7 Å². The van der Waals surface area contributed by atoms with E-state index in [4.69, 9.17) is 4.74 Å². The van der Waals surface area contributed by atoms with Crippen LogP contribution in [-0.2, 0) is 26.0 Å². The Balaban J connectivity index is 1.47. The Bertz CT molecular complexity index is 910. The van der Waals surface area contributed by atoms with Crippen LogP contribution >= 0.6 is 0 Å². The number of hydrogen-bond donors (Lipinski definition) is 5. The second-order valence-corrected chi connectivity index (χ2v) is 10.1. The first kappa shape index (κ1) is 24.4. The second-order valence-electron chi connectivity index (χ2n) is 8.27. The first-order valence-corrected chi connectivity index (χ1v) is 12.6. The number of nitrogens with one attached hydrogen (secondary N) is 5. The van der Waals surface area contributed by atoms with Crippen molar-refractivity contribution in [1.29, 1.82) is 0 Å². The minimum absolute atomic E-state index is 0.0356. The maximum atomic E-state index is 12.6. The van der Waals surface area contributed by atoms with Gasteiger partial charge in [-0.25, -0.2) is 23.4 Å². The lowest BCUT2D eigenvalue weighted by molar-refractivity contribution is -0.121. The number of ether oxygens (including phenoxy) is 1. The van der Waals surface area contributed by atoms with Crippen molar-refractivity contribution in [2.75, 3.05) is 13.6 Å². The average Bonchev–Trinajstić information content (AvgIpc) is 3.42. The highest BCUT2D eigenvalue weighted by atomic mass is 32.2. The molecule has 2 aliphatic rings. The summed E-state index contributed by atoms with van der Waals surface area (Å²) in [5, 5.41) is 5.65. The molecule has 178 valence electrons. The average molecular weight is 468 g/mol. The van der Waals surface area contributed by atoms with Crippen LogP contribution in [-0.4, -0.2) is 52.3 Å². The van der Waals surface area contributed by atoms with Gasteiger partial charge in [-0.15, -0.1) is 0 Å². The van der Waals surface area contributed by atoms with E-state index in [0.29, 0.717) is 24.4 Å². The number of hydrogen-bond acceptors (Lipinski definition) is 7. The van der Waals surface area contributed by atoms with Gasteiger partial charge in [-0.3, -0.25) is 10.2 Å². The standard InChI is InChI=1S/C21H33N5O5S/c1-3-10-23-21(28)31-16-9-8-14(11-16)17-13-19(26-25-17)24-20(27)12-15-6-4-5-7-18(15)32(29,30)22-2/h4-7,14,16-17,19,22,25-26H,3,8-13H2,1-2H3,(H,23,28)(H,24,27)/t14-,16+,17?,19?/m0/s1. The molecule has 0 aromatic heterocycles. The van der Waals surface area contributed by atoms with Crippen molar-refractivity contribution in [2.24, 2.45) is 5.92 Å². The van der Waals surface area contributed by atoms with Crippen molar-refractivity contribution < 1.29 is 22.7 Å². The minimum Gasteiger partial charge on any atom is -0.446 e. The van der Waals surface area contributed by atoms with Crippen molar-refractivity contribution in [3.05, 3.63) is 29.8 Å². The number of rotatable bonds is 9. The normalized spacial score (nSPS) is 25.4. The Hall–Kier alpha value is -2.21. The number of carbonyl (C=O) groups is 2. The van der Waals surface area contributed by atoms with E-state index in [-0.39, 0.29) is 41.6 Å². The number of sulfonamides is 1. The highest BCUT2D eigenvalue weighted by molar-refractivity contribution is 7.89. The predicted molar refractivity (Wildman–Crippen MR) is 119 cm³/mol. The molecule has 10 nitrogen and oxygen atoms in total. The van der Waals surface area contributed by atoms with E-state index in [2.05, 4.69) is 26.2 Å². The summed E-state index contributed by atoms with van der Waals surface area (Å²) >= 11 is 0. The van der Waals surface area contributed by atoms with Gasteiger partial charge in [0.2, 0.25) is 15.9 Å². The fraction of sp³-hybridized carbons (Fsp3) is 0.619. The van der Waals surface area contributed by atoms with Crippen LogP contribution in [0.4, 0.5) is 4.79 Å². The van der Waals surface area contributed by atoms with E-state index in [1.54, 1.807) is 18.2 Å². The van der Waals surface area contributed by atoms with Crippen LogP contribution < -0.4 is 26.2 Å². The highest BCUT2D eigenvalue weighted by Crippen LogP contribution is 2.32. The lowest BCUT2D eigenvalue weighted by Gasteiger charge is -2.18. The van der Waals surface area contributed by atoms with Crippen molar-refractivity contribution >= 4 is 22.0 Å². The molecule has 1 saturated carbocycles. The van der Waals surface area contributed by atoms with Crippen molar-refractivity contribution in [1.82, 2.24) is 26.2 Å². The van der Waals surface area contributed by atoms with Crippen molar-refractivity contribution in [3.63, 3.8) is 0 Å². The summed E-state index contributed by atoms with van der Waals surface area (Å²) < 4.78 is 32.1. The topological polar surface area (TPSA) is 138 Å². The van der Waals surface area contributed by atoms with Crippen LogP contribution in [0.5, 0.6) is 0 Å². The van der Waals surface area contributed by atoms with Gasteiger partial charge in [0.05, 0.1) is 17.5 Å². The molecule has 4 atom stereocenters. The summed E-state index contributed by atoms with van der Waals surface area (Å²) in [5.74, 6) is 0.0822. The Labute approximate surface area is 189 Å². The highest BCUT2D eigenvalue weighted by Gasteiger charge is 2.37. The van der Waals surface area contributed by atoms with Gasteiger partial charge in [-0.1, -0.05) is 25.1 Å². The molecule has 1 saturated heterocycles. The molecule has 1 heterocycles. The summed E-state index contributed by atoms with van der Waals surface area (Å²) in [6.07, 6.45) is 3.39. The molecule has 0 spiro atoms. The summed E-state index contributed by atoms with van der Waals surface area (Å²) in [7, 11) is -2.30. The van der Waals surface area contributed by atoms with Crippen LogP contribution in [0.25, 0.3) is 0 Å². The molecule has 32 heavy (non-hydrogen) atoms. The van der Waals surface area contributed by atoms with Crippen LogP contribution in [0.1, 0.15) is 44.6 Å². The zero-order chi connectivity index (χ0) is 23.1. The van der Waals surface area contributed by atoms with E-state index in [0.717, 1.165) is 25.7 Å². The maximum absolute atomic E-state index is 12.6. The molecular weight excluding hydrogens is 434 g/mol. The lowest BCUT2D eigenvalue weighted by atomic mass is 9.96. The number of alkyl carbamates (subject to hydrolysis) is 1. The lowest BCUT2D eigenvalue weighted by Crippen LogP contribution is -2.45. The SMILES string of the molecule is CCCNC(=O)O[C@@H]1CC[C@H](C2CC(NC(=O)Cc3ccccc3S(=O)(=O)NC)NN2)C1. The first-order chi connectivity index (χ1) is 15.3. The zero-order valence-electron chi connectivity index (χ0n) is 18.5. The molecule has 2 unspecified atom stereocenters. The Kier molecular flexibility index (Phi) is 8.46. The number of benzene rings is 1. The molecule has 3 rings (SSSR count). The fourth-order valence-electron chi connectivity index (χ4n) is 4.29. The first-order valence-electron chi connectivity index (χ1n) is 11.1. The van der Waals surface area contributed by atoms with Gasteiger partial charge in [-0.2, -0.15) is 0 Å². The van der Waals surface area contributed by atoms with Gasteiger partial charge in [0.25, 0.3) is 0 Å². The Morgan fingerprint density at radius 1 is 1.16 bits per heavy atom. The molecule has 0 bridgehead atoms. The van der Waals surface area contributed by atoms with E-state index in [9.17, 15) is 18.0 Å². The zero-order valence-corrected chi connectivity index (χ0v) is 19.3. The Morgan fingerprint density at radius 2 is 1.94 bits per heavy atom. The molecule has 11 heteroatoms.